The van der Waals surface area contributed by atoms with Crippen molar-refractivity contribution < 1.29 is 9.52 Å². The van der Waals surface area contributed by atoms with E-state index in [1.165, 1.54) is 5.56 Å². The van der Waals surface area contributed by atoms with Crippen LogP contribution in [0.25, 0.3) is 11.6 Å². The van der Waals surface area contributed by atoms with Gasteiger partial charge in [-0.05, 0) is 43.9 Å². The van der Waals surface area contributed by atoms with Crippen LogP contribution in [0.2, 0.25) is 0 Å². The monoisotopic (exact) mass is 323 g/mol. The molecule has 1 fully saturated rings. The average molecular weight is 323 g/mol. The molecule has 1 aliphatic carbocycles. The minimum absolute atomic E-state index is 0.339. The van der Waals surface area contributed by atoms with Crippen molar-refractivity contribution in [1.29, 1.82) is 0 Å². The Morgan fingerprint density at radius 3 is 2.62 bits per heavy atom. The van der Waals surface area contributed by atoms with Gasteiger partial charge in [0.1, 0.15) is 5.82 Å². The third kappa shape index (κ3) is 2.99. The zero-order valence-corrected chi connectivity index (χ0v) is 13.9. The lowest BCUT2D eigenvalue weighted by Crippen LogP contribution is -2.27. The maximum absolute atomic E-state index is 10.2. The average Bonchev–Trinajstić information content (AvgIpc) is 2.94. The van der Waals surface area contributed by atoms with Gasteiger partial charge in [0.2, 0.25) is 5.82 Å². The summed E-state index contributed by atoms with van der Waals surface area (Å²) in [5.41, 5.74) is 0.486. The third-order valence-corrected chi connectivity index (χ3v) is 4.33. The van der Waals surface area contributed by atoms with Gasteiger partial charge < -0.3 is 9.52 Å². The summed E-state index contributed by atoms with van der Waals surface area (Å²) in [5.74, 6) is 2.98. The summed E-state index contributed by atoms with van der Waals surface area (Å²) in [5, 5.41) is 14.8. The lowest BCUT2D eigenvalue weighted by molar-refractivity contribution is 0.0566. The van der Waals surface area contributed by atoms with Crippen molar-refractivity contribution in [2.24, 2.45) is 0 Å². The van der Waals surface area contributed by atoms with E-state index in [9.17, 15) is 5.11 Å². The Kier molecular flexibility index (Phi) is 3.53. The molecule has 2 aromatic heterocycles. The van der Waals surface area contributed by atoms with E-state index in [0.29, 0.717) is 30.0 Å². The van der Waals surface area contributed by atoms with Crippen molar-refractivity contribution in [2.75, 3.05) is 0 Å². The van der Waals surface area contributed by atoms with E-state index in [2.05, 4.69) is 29.4 Å². The summed E-state index contributed by atoms with van der Waals surface area (Å²) < 4.78 is 7.27. The van der Waals surface area contributed by atoms with Gasteiger partial charge in [-0.1, -0.05) is 30.3 Å². The van der Waals surface area contributed by atoms with Crippen LogP contribution >= 0.6 is 0 Å². The van der Waals surface area contributed by atoms with Crippen molar-refractivity contribution in [3.63, 3.8) is 0 Å². The number of nitrogens with zero attached hydrogens (tertiary/aromatic N) is 3. The molecule has 0 amide bonds. The van der Waals surface area contributed by atoms with Gasteiger partial charge in [-0.2, -0.15) is 0 Å². The highest BCUT2D eigenvalue weighted by atomic mass is 16.3. The van der Waals surface area contributed by atoms with Crippen molar-refractivity contribution in [3.8, 4) is 11.6 Å². The molecule has 0 unspecified atom stereocenters. The molecule has 2 atom stereocenters. The maximum Gasteiger partial charge on any atom is 0.217 e. The first-order chi connectivity index (χ1) is 11.5. The molecular weight excluding hydrogens is 302 g/mol. The van der Waals surface area contributed by atoms with Gasteiger partial charge in [-0.15, -0.1) is 5.10 Å². The molecule has 24 heavy (non-hydrogen) atoms. The van der Waals surface area contributed by atoms with Crippen molar-refractivity contribution >= 4 is 0 Å². The zero-order chi connectivity index (χ0) is 16.7. The summed E-state index contributed by atoms with van der Waals surface area (Å²) in [6.07, 6.45) is 2.68. The standard InChI is InChI=1S/C19H21N3O2/c1-19(2,23)12-22-18(20-17(21-22)16-9-6-10-24-16)15-11-14(15)13-7-4-3-5-8-13/h3-10,14-15,23H,11-12H2,1-2H3/t14-,15+/m0/s1. The lowest BCUT2D eigenvalue weighted by Gasteiger charge is -2.18. The van der Waals surface area contributed by atoms with Gasteiger partial charge in [-0.3, -0.25) is 0 Å². The van der Waals surface area contributed by atoms with Gasteiger partial charge in [0.15, 0.2) is 5.76 Å². The molecule has 1 aromatic carbocycles. The summed E-state index contributed by atoms with van der Waals surface area (Å²) in [6, 6.07) is 14.2. The van der Waals surface area contributed by atoms with E-state index in [1.54, 1.807) is 20.1 Å². The second-order valence-corrected chi connectivity index (χ2v) is 7.10. The first kappa shape index (κ1) is 15.1. The molecule has 1 N–H and O–H groups in total. The smallest absolute Gasteiger partial charge is 0.217 e. The molecule has 1 aliphatic rings. The summed E-state index contributed by atoms with van der Waals surface area (Å²) in [7, 11) is 0. The van der Waals surface area contributed by atoms with Crippen LogP contribution in [0.4, 0.5) is 0 Å². The Bertz CT molecular complexity index is 816. The van der Waals surface area contributed by atoms with Crippen molar-refractivity contribution in [3.05, 3.63) is 60.1 Å². The second kappa shape index (κ2) is 5.60. The molecule has 2 heterocycles. The Morgan fingerprint density at radius 2 is 1.96 bits per heavy atom. The maximum atomic E-state index is 10.2. The molecule has 5 heteroatoms. The van der Waals surface area contributed by atoms with Gasteiger partial charge >= 0.3 is 0 Å². The molecule has 0 bridgehead atoms. The predicted octanol–water partition coefficient (Wildman–Crippen LogP) is 3.58. The number of aromatic nitrogens is 3. The number of furan rings is 1. The Balaban J connectivity index is 1.67. The van der Waals surface area contributed by atoms with Crippen LogP contribution in [0.3, 0.4) is 0 Å². The summed E-state index contributed by atoms with van der Waals surface area (Å²) in [6.45, 7) is 3.98. The van der Waals surface area contributed by atoms with Crippen LogP contribution in [-0.2, 0) is 6.54 Å². The summed E-state index contributed by atoms with van der Waals surface area (Å²) in [4.78, 5) is 4.72. The van der Waals surface area contributed by atoms with Crippen molar-refractivity contribution in [2.45, 2.75) is 44.2 Å². The normalized spacial score (nSPS) is 20.3. The van der Waals surface area contributed by atoms with Crippen LogP contribution in [0, 0.1) is 0 Å². The highest BCUT2D eigenvalue weighted by molar-refractivity contribution is 5.46. The van der Waals surface area contributed by atoms with E-state index in [1.807, 2.05) is 22.9 Å². The molecule has 4 rings (SSSR count). The van der Waals surface area contributed by atoms with Gasteiger partial charge in [-0.25, -0.2) is 9.67 Å². The Morgan fingerprint density at radius 1 is 1.17 bits per heavy atom. The van der Waals surface area contributed by atoms with Gasteiger partial charge in [0, 0.05) is 5.92 Å². The first-order valence-electron chi connectivity index (χ1n) is 8.27. The fourth-order valence-electron chi connectivity index (χ4n) is 3.17. The zero-order valence-electron chi connectivity index (χ0n) is 13.9. The number of hydrogen-bond acceptors (Lipinski definition) is 4. The molecule has 0 spiro atoms. The number of benzene rings is 1. The first-order valence-corrected chi connectivity index (χ1v) is 8.27. The molecule has 1 saturated carbocycles. The third-order valence-electron chi connectivity index (χ3n) is 4.33. The fraction of sp³-hybridized carbons (Fsp3) is 0.368. The van der Waals surface area contributed by atoms with Crippen LogP contribution < -0.4 is 0 Å². The van der Waals surface area contributed by atoms with Crippen LogP contribution in [-0.4, -0.2) is 25.5 Å². The van der Waals surface area contributed by atoms with Crippen LogP contribution in [0.5, 0.6) is 0 Å². The molecular formula is C19H21N3O2. The van der Waals surface area contributed by atoms with Crippen LogP contribution in [0.15, 0.2) is 53.1 Å². The number of hydrogen-bond donors (Lipinski definition) is 1. The lowest BCUT2D eigenvalue weighted by atomic mass is 10.1. The molecule has 5 nitrogen and oxygen atoms in total. The van der Waals surface area contributed by atoms with E-state index >= 15 is 0 Å². The highest BCUT2D eigenvalue weighted by Gasteiger charge is 2.43. The highest BCUT2D eigenvalue weighted by Crippen LogP contribution is 2.54. The fourth-order valence-corrected chi connectivity index (χ4v) is 3.17. The number of rotatable bonds is 5. The molecule has 0 aliphatic heterocycles. The predicted molar refractivity (Wildman–Crippen MR) is 90.6 cm³/mol. The minimum atomic E-state index is -0.847. The molecule has 124 valence electrons. The van der Waals surface area contributed by atoms with Gasteiger partial charge in [0.25, 0.3) is 0 Å². The van der Waals surface area contributed by atoms with Crippen LogP contribution in [0.1, 0.15) is 43.5 Å². The largest absolute Gasteiger partial charge is 0.461 e. The molecule has 0 radical (unpaired) electrons. The van der Waals surface area contributed by atoms with E-state index in [-0.39, 0.29) is 0 Å². The Labute approximate surface area is 141 Å². The molecule has 3 aromatic rings. The minimum Gasteiger partial charge on any atom is -0.461 e. The van der Waals surface area contributed by atoms with Gasteiger partial charge in [0.05, 0.1) is 18.4 Å². The second-order valence-electron chi connectivity index (χ2n) is 7.10. The Hall–Kier alpha value is -2.40. The quantitative estimate of drug-likeness (QED) is 0.779. The number of aliphatic hydroxyl groups is 1. The SMILES string of the molecule is CC(C)(O)Cn1nc(-c2ccco2)nc1[C@@H]1C[C@H]1c1ccccc1. The van der Waals surface area contributed by atoms with Crippen molar-refractivity contribution in [1.82, 2.24) is 14.8 Å². The topological polar surface area (TPSA) is 64.1 Å². The van der Waals surface area contributed by atoms with E-state index in [0.717, 1.165) is 12.2 Å². The molecule has 0 saturated heterocycles. The van der Waals surface area contributed by atoms with E-state index in [4.69, 9.17) is 9.40 Å². The summed E-state index contributed by atoms with van der Waals surface area (Å²) >= 11 is 0. The van der Waals surface area contributed by atoms with E-state index < -0.39 is 5.60 Å².